The lowest BCUT2D eigenvalue weighted by molar-refractivity contribution is 0.0514. The highest BCUT2D eigenvalue weighted by atomic mass is 16.5. The third-order valence-corrected chi connectivity index (χ3v) is 1.63. The first-order valence-electron chi connectivity index (χ1n) is 4.38. The van der Waals surface area contributed by atoms with E-state index in [2.05, 4.69) is 5.16 Å². The number of nitrogens with zero attached hydrogens (tertiary/aromatic N) is 1. The summed E-state index contributed by atoms with van der Waals surface area (Å²) in [5.41, 5.74) is 5.27. The summed E-state index contributed by atoms with van der Waals surface area (Å²) in [7, 11) is 0. The maximum atomic E-state index is 11.2. The first-order valence-corrected chi connectivity index (χ1v) is 4.38. The summed E-state index contributed by atoms with van der Waals surface area (Å²) in [6, 6.07) is 1.50. The van der Waals surface area contributed by atoms with E-state index in [4.69, 9.17) is 15.0 Å². The van der Waals surface area contributed by atoms with Crippen molar-refractivity contribution in [3.05, 3.63) is 17.5 Å². The van der Waals surface area contributed by atoms with Crippen molar-refractivity contribution < 1.29 is 14.1 Å². The van der Waals surface area contributed by atoms with E-state index in [1.807, 2.05) is 0 Å². The van der Waals surface area contributed by atoms with Gasteiger partial charge in [-0.25, -0.2) is 4.79 Å². The number of carbonyl (C=O) groups excluding carboxylic acids is 1. The summed E-state index contributed by atoms with van der Waals surface area (Å²) in [6.45, 7) is 5.57. The average Bonchev–Trinajstić information content (AvgIpc) is 2.51. The number of aromatic nitrogens is 1. The van der Waals surface area contributed by atoms with E-state index in [0.717, 1.165) is 0 Å². The smallest absolute Gasteiger partial charge is 0.360 e. The van der Waals surface area contributed by atoms with Crippen LogP contribution in [0.2, 0.25) is 0 Å². The van der Waals surface area contributed by atoms with Gasteiger partial charge in [0.05, 0.1) is 12.1 Å². The Morgan fingerprint density at radius 3 is 2.79 bits per heavy atom. The molecular weight excluding hydrogens is 184 g/mol. The van der Waals surface area contributed by atoms with Crippen LogP contribution in [0.15, 0.2) is 10.6 Å². The molecule has 1 rings (SSSR count). The van der Waals surface area contributed by atoms with Gasteiger partial charge in [0.15, 0.2) is 11.5 Å². The molecule has 5 heteroatoms. The van der Waals surface area contributed by atoms with Gasteiger partial charge in [-0.05, 0) is 20.8 Å². The molecule has 1 aromatic rings. The van der Waals surface area contributed by atoms with Crippen molar-refractivity contribution in [2.45, 2.75) is 26.3 Å². The third kappa shape index (κ3) is 2.32. The second-order valence-corrected chi connectivity index (χ2v) is 3.52. The lowest BCUT2D eigenvalue weighted by Crippen LogP contribution is -2.27. The summed E-state index contributed by atoms with van der Waals surface area (Å²) in [6.07, 6.45) is 0. The van der Waals surface area contributed by atoms with Crippen LogP contribution in [0.4, 0.5) is 0 Å². The molecule has 78 valence electrons. The number of rotatable bonds is 3. The minimum absolute atomic E-state index is 0.153. The van der Waals surface area contributed by atoms with Crippen molar-refractivity contribution in [3.63, 3.8) is 0 Å². The topological polar surface area (TPSA) is 78.4 Å². The molecule has 2 N–H and O–H groups in total. The fourth-order valence-electron chi connectivity index (χ4n) is 0.880. The van der Waals surface area contributed by atoms with E-state index in [1.165, 1.54) is 6.07 Å². The number of ether oxygens (including phenoxy) is 1. The van der Waals surface area contributed by atoms with Crippen molar-refractivity contribution in [1.29, 1.82) is 0 Å². The van der Waals surface area contributed by atoms with Crippen molar-refractivity contribution >= 4 is 5.97 Å². The first-order chi connectivity index (χ1) is 6.45. The molecule has 0 bridgehead atoms. The molecule has 1 aromatic heterocycles. The normalized spacial score (nSPS) is 11.4. The monoisotopic (exact) mass is 198 g/mol. The summed E-state index contributed by atoms with van der Waals surface area (Å²) in [4.78, 5) is 11.2. The largest absolute Gasteiger partial charge is 0.461 e. The van der Waals surface area contributed by atoms with E-state index in [1.54, 1.807) is 20.8 Å². The second kappa shape index (κ2) is 3.79. The Kier molecular flexibility index (Phi) is 2.90. The Morgan fingerprint density at radius 2 is 2.36 bits per heavy atom. The summed E-state index contributed by atoms with van der Waals surface area (Å²) in [5.74, 6) is -0.0349. The minimum atomic E-state index is -0.641. The van der Waals surface area contributed by atoms with E-state index in [-0.39, 0.29) is 5.69 Å². The van der Waals surface area contributed by atoms with Gasteiger partial charge in [0.2, 0.25) is 0 Å². The molecule has 0 aliphatic heterocycles. The van der Waals surface area contributed by atoms with Gasteiger partial charge in [-0.2, -0.15) is 0 Å². The highest BCUT2D eigenvalue weighted by Gasteiger charge is 2.22. The maximum Gasteiger partial charge on any atom is 0.360 e. The van der Waals surface area contributed by atoms with E-state index in [9.17, 15) is 4.79 Å². The summed E-state index contributed by atoms with van der Waals surface area (Å²) >= 11 is 0. The fourth-order valence-corrected chi connectivity index (χ4v) is 0.880. The predicted molar refractivity (Wildman–Crippen MR) is 49.7 cm³/mol. The molecule has 0 amide bonds. The van der Waals surface area contributed by atoms with Crippen LogP contribution in [0.25, 0.3) is 0 Å². The van der Waals surface area contributed by atoms with Gasteiger partial charge >= 0.3 is 5.97 Å². The van der Waals surface area contributed by atoms with Crippen LogP contribution >= 0.6 is 0 Å². The molecule has 0 fully saturated rings. The minimum Gasteiger partial charge on any atom is -0.461 e. The van der Waals surface area contributed by atoms with Gasteiger partial charge in [0, 0.05) is 6.07 Å². The zero-order chi connectivity index (χ0) is 10.8. The predicted octanol–water partition coefficient (Wildman–Crippen LogP) is 1.05. The number of hydrogen-bond donors (Lipinski definition) is 1. The zero-order valence-electron chi connectivity index (χ0n) is 8.53. The molecule has 5 nitrogen and oxygen atoms in total. The highest BCUT2D eigenvalue weighted by Crippen LogP contribution is 2.17. The molecule has 1 heterocycles. The van der Waals surface area contributed by atoms with Crippen LogP contribution in [0.1, 0.15) is 37.0 Å². The van der Waals surface area contributed by atoms with Crippen LogP contribution in [0.3, 0.4) is 0 Å². The van der Waals surface area contributed by atoms with E-state index < -0.39 is 11.5 Å². The SMILES string of the molecule is CCOC(=O)c1cc(C(C)(C)N)on1. The molecule has 0 aromatic carbocycles. The molecular formula is C9H14N2O3. The van der Waals surface area contributed by atoms with E-state index >= 15 is 0 Å². The molecule has 0 aliphatic carbocycles. The lowest BCUT2D eigenvalue weighted by Gasteiger charge is -2.12. The Balaban J connectivity index is 2.83. The first kappa shape index (κ1) is 10.7. The quantitative estimate of drug-likeness (QED) is 0.734. The van der Waals surface area contributed by atoms with Crippen molar-refractivity contribution in [2.24, 2.45) is 5.73 Å². The third-order valence-electron chi connectivity index (χ3n) is 1.63. The Labute approximate surface area is 82.2 Å². The van der Waals surface area contributed by atoms with Crippen LogP contribution < -0.4 is 5.73 Å². The molecule has 0 radical (unpaired) electrons. The summed E-state index contributed by atoms with van der Waals surface area (Å²) < 4.78 is 9.67. The lowest BCUT2D eigenvalue weighted by atomic mass is 10.0. The number of nitrogens with two attached hydrogens (primary N) is 1. The Morgan fingerprint density at radius 1 is 1.71 bits per heavy atom. The van der Waals surface area contributed by atoms with Crippen LogP contribution in [-0.2, 0) is 10.3 Å². The van der Waals surface area contributed by atoms with Gasteiger partial charge in [-0.1, -0.05) is 5.16 Å². The molecule has 0 unspecified atom stereocenters. The Hall–Kier alpha value is -1.36. The number of carbonyl (C=O) groups is 1. The molecule has 0 spiro atoms. The van der Waals surface area contributed by atoms with Gasteiger partial charge < -0.3 is 15.0 Å². The van der Waals surface area contributed by atoms with Gasteiger partial charge in [-0.15, -0.1) is 0 Å². The Bertz CT molecular complexity index is 325. The van der Waals surface area contributed by atoms with Crippen molar-refractivity contribution in [3.8, 4) is 0 Å². The molecule has 0 saturated carbocycles. The molecule has 0 atom stereocenters. The second-order valence-electron chi connectivity index (χ2n) is 3.52. The van der Waals surface area contributed by atoms with E-state index in [0.29, 0.717) is 12.4 Å². The molecule has 14 heavy (non-hydrogen) atoms. The highest BCUT2D eigenvalue weighted by molar-refractivity contribution is 5.87. The van der Waals surface area contributed by atoms with Gasteiger partial charge in [0.25, 0.3) is 0 Å². The fraction of sp³-hybridized carbons (Fsp3) is 0.556. The summed E-state index contributed by atoms with van der Waals surface area (Å²) in [5, 5.41) is 3.57. The standard InChI is InChI=1S/C9H14N2O3/c1-4-13-8(12)6-5-7(14-11-6)9(2,3)10/h5H,4,10H2,1-3H3. The molecule has 0 saturated heterocycles. The van der Waals surface area contributed by atoms with Crippen LogP contribution in [0.5, 0.6) is 0 Å². The van der Waals surface area contributed by atoms with Crippen molar-refractivity contribution in [2.75, 3.05) is 6.61 Å². The van der Waals surface area contributed by atoms with Crippen LogP contribution in [-0.4, -0.2) is 17.7 Å². The van der Waals surface area contributed by atoms with Crippen molar-refractivity contribution in [1.82, 2.24) is 5.16 Å². The number of hydrogen-bond acceptors (Lipinski definition) is 5. The maximum absolute atomic E-state index is 11.2. The van der Waals surface area contributed by atoms with Crippen LogP contribution in [0, 0.1) is 0 Å². The molecule has 0 aliphatic rings. The van der Waals surface area contributed by atoms with Gasteiger partial charge in [-0.3, -0.25) is 0 Å². The zero-order valence-corrected chi connectivity index (χ0v) is 8.53. The number of esters is 1. The van der Waals surface area contributed by atoms with Gasteiger partial charge in [0.1, 0.15) is 0 Å². The average molecular weight is 198 g/mol.